The van der Waals surface area contributed by atoms with Gasteiger partial charge in [-0.15, -0.1) is 0 Å². The number of nitrogens with zero attached hydrogens (tertiary/aromatic N) is 2. The van der Waals surface area contributed by atoms with Gasteiger partial charge in [0.25, 0.3) is 0 Å². The minimum Gasteiger partial charge on any atom is -0.365 e. The molecule has 0 fully saturated rings. The SMILES string of the molecule is O=C(COCC(F)(F)C(F)F)NCc1ccccc1-n1cccn1. The Labute approximate surface area is 135 Å². The van der Waals surface area contributed by atoms with Crippen molar-refractivity contribution in [1.29, 1.82) is 0 Å². The third-order valence-electron chi connectivity index (χ3n) is 3.07. The summed E-state index contributed by atoms with van der Waals surface area (Å²) in [5, 5.41) is 6.57. The highest BCUT2D eigenvalue weighted by molar-refractivity contribution is 5.77. The predicted octanol–water partition coefficient (Wildman–Crippen LogP) is 2.41. The van der Waals surface area contributed by atoms with E-state index in [0.29, 0.717) is 0 Å². The molecule has 0 spiro atoms. The van der Waals surface area contributed by atoms with Crippen molar-refractivity contribution in [1.82, 2.24) is 15.1 Å². The zero-order chi connectivity index (χ0) is 17.6. The average Bonchev–Trinajstić information content (AvgIpc) is 3.07. The third kappa shape index (κ3) is 4.79. The lowest BCUT2D eigenvalue weighted by Gasteiger charge is -2.15. The number of halogens is 4. The van der Waals surface area contributed by atoms with Crippen LogP contribution in [0.25, 0.3) is 5.69 Å². The van der Waals surface area contributed by atoms with Gasteiger partial charge in [-0.25, -0.2) is 13.5 Å². The maximum absolute atomic E-state index is 12.6. The highest BCUT2D eigenvalue weighted by Crippen LogP contribution is 2.22. The molecule has 1 aromatic carbocycles. The Balaban J connectivity index is 1.85. The summed E-state index contributed by atoms with van der Waals surface area (Å²) in [5.41, 5.74) is 1.49. The first-order valence-corrected chi connectivity index (χ1v) is 6.98. The van der Waals surface area contributed by atoms with Crippen LogP contribution in [0.5, 0.6) is 0 Å². The van der Waals surface area contributed by atoms with E-state index in [0.717, 1.165) is 11.3 Å². The number of rotatable bonds is 8. The van der Waals surface area contributed by atoms with Crippen LogP contribution in [0.3, 0.4) is 0 Å². The smallest absolute Gasteiger partial charge is 0.330 e. The molecule has 0 unspecified atom stereocenters. The van der Waals surface area contributed by atoms with Crippen molar-refractivity contribution in [2.45, 2.75) is 18.9 Å². The second kappa shape index (κ2) is 7.91. The highest BCUT2D eigenvalue weighted by Gasteiger charge is 2.41. The van der Waals surface area contributed by atoms with Gasteiger partial charge in [0.1, 0.15) is 13.2 Å². The summed E-state index contributed by atoms with van der Waals surface area (Å²) in [6.07, 6.45) is -0.496. The zero-order valence-electron chi connectivity index (χ0n) is 12.5. The van der Waals surface area contributed by atoms with E-state index < -0.39 is 31.5 Å². The Bertz CT molecular complexity index is 662. The fourth-order valence-electron chi connectivity index (χ4n) is 1.88. The highest BCUT2D eigenvalue weighted by atomic mass is 19.3. The summed E-state index contributed by atoms with van der Waals surface area (Å²) >= 11 is 0. The molecule has 0 saturated heterocycles. The summed E-state index contributed by atoms with van der Waals surface area (Å²) in [5.74, 6) is -4.96. The standard InChI is InChI=1S/C15H15F4N3O2/c16-14(17)15(18,19)10-24-9-13(23)20-8-11-4-1-2-5-12(11)22-7-3-6-21-22/h1-7,14H,8-10H2,(H,20,23). The van der Waals surface area contributed by atoms with E-state index in [-0.39, 0.29) is 6.54 Å². The molecular formula is C15H15F4N3O2. The minimum absolute atomic E-state index is 0.115. The van der Waals surface area contributed by atoms with Gasteiger partial charge in [0.05, 0.1) is 5.69 Å². The number of carbonyl (C=O) groups excluding carboxylic acids is 1. The molecular weight excluding hydrogens is 330 g/mol. The molecule has 5 nitrogen and oxygen atoms in total. The summed E-state index contributed by atoms with van der Waals surface area (Å²) < 4.78 is 55.1. The number of benzene rings is 1. The van der Waals surface area contributed by atoms with Gasteiger partial charge in [0, 0.05) is 18.9 Å². The van der Waals surface area contributed by atoms with Crippen molar-refractivity contribution in [2.75, 3.05) is 13.2 Å². The van der Waals surface area contributed by atoms with Crippen LogP contribution in [-0.2, 0) is 16.1 Å². The van der Waals surface area contributed by atoms with E-state index in [2.05, 4.69) is 15.2 Å². The lowest BCUT2D eigenvalue weighted by molar-refractivity contribution is -0.168. The van der Waals surface area contributed by atoms with E-state index in [1.54, 1.807) is 47.4 Å². The molecule has 1 aromatic heterocycles. The number of nitrogens with one attached hydrogen (secondary N) is 1. The van der Waals surface area contributed by atoms with Crippen molar-refractivity contribution >= 4 is 5.91 Å². The molecule has 0 aliphatic heterocycles. The third-order valence-corrected chi connectivity index (χ3v) is 3.07. The summed E-state index contributed by atoms with van der Waals surface area (Å²) in [4.78, 5) is 11.6. The van der Waals surface area contributed by atoms with Gasteiger partial charge in [0.2, 0.25) is 5.91 Å². The van der Waals surface area contributed by atoms with Crippen molar-refractivity contribution in [2.24, 2.45) is 0 Å². The van der Waals surface area contributed by atoms with Gasteiger partial charge >= 0.3 is 12.3 Å². The molecule has 2 aromatic rings. The molecule has 24 heavy (non-hydrogen) atoms. The molecule has 0 bridgehead atoms. The average molecular weight is 345 g/mol. The number of hydrogen-bond donors (Lipinski definition) is 1. The van der Waals surface area contributed by atoms with Gasteiger partial charge in [-0.3, -0.25) is 4.79 Å². The molecule has 1 N–H and O–H groups in total. The summed E-state index contributed by atoms with van der Waals surface area (Å²) in [6.45, 7) is -2.13. The number of alkyl halides is 4. The molecule has 0 radical (unpaired) electrons. The van der Waals surface area contributed by atoms with E-state index in [1.165, 1.54) is 0 Å². The number of ether oxygens (including phenoxy) is 1. The number of hydrogen-bond acceptors (Lipinski definition) is 3. The largest absolute Gasteiger partial charge is 0.365 e. The van der Waals surface area contributed by atoms with E-state index in [4.69, 9.17) is 0 Å². The van der Waals surface area contributed by atoms with Crippen LogP contribution in [0.2, 0.25) is 0 Å². The number of amides is 1. The topological polar surface area (TPSA) is 56.1 Å². The van der Waals surface area contributed by atoms with Crippen LogP contribution in [0, 0.1) is 0 Å². The molecule has 0 aliphatic rings. The molecule has 0 atom stereocenters. The normalized spacial score (nSPS) is 11.7. The first kappa shape index (κ1) is 17.9. The summed E-state index contributed by atoms with van der Waals surface area (Å²) in [6, 6.07) is 8.88. The van der Waals surface area contributed by atoms with Crippen LogP contribution < -0.4 is 5.32 Å². The quantitative estimate of drug-likeness (QED) is 0.748. The Morgan fingerprint density at radius 2 is 2.04 bits per heavy atom. The van der Waals surface area contributed by atoms with Crippen molar-refractivity contribution < 1.29 is 27.1 Å². The van der Waals surface area contributed by atoms with Crippen LogP contribution in [0.1, 0.15) is 5.56 Å². The lowest BCUT2D eigenvalue weighted by atomic mass is 10.2. The molecule has 2 rings (SSSR count). The van der Waals surface area contributed by atoms with Gasteiger partial charge in [-0.2, -0.15) is 13.9 Å². The van der Waals surface area contributed by atoms with Crippen LogP contribution in [-0.4, -0.2) is 41.2 Å². The first-order valence-electron chi connectivity index (χ1n) is 6.98. The Morgan fingerprint density at radius 1 is 1.29 bits per heavy atom. The maximum atomic E-state index is 12.6. The lowest BCUT2D eigenvalue weighted by Crippen LogP contribution is -2.35. The fraction of sp³-hybridized carbons (Fsp3) is 0.333. The number of para-hydroxylation sites is 1. The van der Waals surface area contributed by atoms with Crippen LogP contribution >= 0.6 is 0 Å². The van der Waals surface area contributed by atoms with Crippen molar-refractivity contribution in [3.8, 4) is 5.69 Å². The second-order valence-corrected chi connectivity index (χ2v) is 4.91. The zero-order valence-corrected chi connectivity index (χ0v) is 12.5. The van der Waals surface area contributed by atoms with Crippen molar-refractivity contribution in [3.05, 3.63) is 48.3 Å². The van der Waals surface area contributed by atoms with Gasteiger partial charge in [-0.1, -0.05) is 18.2 Å². The molecule has 1 amide bonds. The van der Waals surface area contributed by atoms with E-state index in [9.17, 15) is 22.4 Å². The van der Waals surface area contributed by atoms with Gasteiger partial charge in [0.15, 0.2) is 0 Å². The van der Waals surface area contributed by atoms with E-state index in [1.807, 2.05) is 0 Å². The number of carbonyl (C=O) groups is 1. The minimum atomic E-state index is -4.27. The molecule has 1 heterocycles. The van der Waals surface area contributed by atoms with E-state index >= 15 is 0 Å². The molecule has 0 saturated carbocycles. The molecule has 130 valence electrons. The van der Waals surface area contributed by atoms with Crippen LogP contribution in [0.4, 0.5) is 17.6 Å². The molecule has 0 aliphatic carbocycles. The molecule has 9 heteroatoms. The van der Waals surface area contributed by atoms with Gasteiger partial charge in [-0.05, 0) is 17.7 Å². The Morgan fingerprint density at radius 3 is 2.71 bits per heavy atom. The van der Waals surface area contributed by atoms with Crippen LogP contribution in [0.15, 0.2) is 42.7 Å². The van der Waals surface area contributed by atoms with Crippen molar-refractivity contribution in [3.63, 3.8) is 0 Å². The number of aromatic nitrogens is 2. The predicted molar refractivity (Wildman–Crippen MR) is 77.2 cm³/mol. The maximum Gasteiger partial charge on any atom is 0.330 e. The monoisotopic (exact) mass is 345 g/mol. The first-order chi connectivity index (χ1) is 11.4. The Hall–Kier alpha value is -2.42. The fourth-order valence-corrected chi connectivity index (χ4v) is 1.88. The Kier molecular flexibility index (Phi) is 5.91. The summed E-state index contributed by atoms with van der Waals surface area (Å²) in [7, 11) is 0. The second-order valence-electron chi connectivity index (χ2n) is 4.91. The van der Waals surface area contributed by atoms with Gasteiger partial charge < -0.3 is 10.1 Å².